The molecule has 0 unspecified atom stereocenters. The van der Waals surface area contributed by atoms with Crippen LogP contribution in [0.5, 0.6) is 0 Å². The van der Waals surface area contributed by atoms with E-state index >= 15 is 0 Å². The van der Waals surface area contributed by atoms with E-state index in [0.717, 1.165) is 44.6 Å². The Morgan fingerprint density at radius 2 is 1.65 bits per heavy atom. The van der Waals surface area contributed by atoms with Crippen molar-refractivity contribution >= 4 is 29.2 Å². The van der Waals surface area contributed by atoms with Crippen LogP contribution in [0.3, 0.4) is 0 Å². The first-order valence-corrected chi connectivity index (χ1v) is 12.5. The van der Waals surface area contributed by atoms with Crippen LogP contribution in [0.25, 0.3) is 0 Å². The number of likely N-dealkylation sites (tertiary alicyclic amines) is 1. The van der Waals surface area contributed by atoms with Gasteiger partial charge in [0.05, 0.1) is 5.56 Å². The molecule has 2 aliphatic heterocycles. The number of halogens is 1. The fourth-order valence-electron chi connectivity index (χ4n) is 5.11. The maximum Gasteiger partial charge on any atom is 0.256 e. The molecular weight excluding hydrogens is 452 g/mol. The summed E-state index contributed by atoms with van der Waals surface area (Å²) in [6, 6.07) is 12.8. The molecule has 2 N–H and O–H groups in total. The highest BCUT2D eigenvalue weighted by Crippen LogP contribution is 2.32. The molecule has 2 saturated heterocycles. The largest absolute Gasteiger partial charge is 0.378 e. The zero-order valence-corrected chi connectivity index (χ0v) is 20.4. The molecule has 1 aromatic carbocycles. The first kappa shape index (κ1) is 24.5. The normalized spacial score (nSPS) is 18.6. The SMILES string of the molecule is CNC(=O)c1ccc(N2CCC(CC3CCN(C(=O)[C@H](O)c4ccccc4)CC3)CC2)nc1Cl. The van der Waals surface area contributed by atoms with Gasteiger partial charge in [0, 0.05) is 33.2 Å². The van der Waals surface area contributed by atoms with Crippen LogP contribution in [-0.2, 0) is 4.79 Å². The van der Waals surface area contributed by atoms with Gasteiger partial charge in [0.25, 0.3) is 11.8 Å². The summed E-state index contributed by atoms with van der Waals surface area (Å²) in [5, 5.41) is 13.2. The maximum absolute atomic E-state index is 12.7. The Balaban J connectivity index is 1.22. The maximum atomic E-state index is 12.7. The number of rotatable bonds is 6. The van der Waals surface area contributed by atoms with Crippen LogP contribution in [0.1, 0.15) is 54.1 Å². The molecule has 2 fully saturated rings. The summed E-state index contributed by atoms with van der Waals surface area (Å²) >= 11 is 6.23. The number of hydrogen-bond acceptors (Lipinski definition) is 5. The van der Waals surface area contributed by atoms with Crippen molar-refractivity contribution in [3.05, 3.63) is 58.7 Å². The summed E-state index contributed by atoms with van der Waals surface area (Å²) < 4.78 is 0. The van der Waals surface area contributed by atoms with Gasteiger partial charge in [-0.25, -0.2) is 4.98 Å². The van der Waals surface area contributed by atoms with E-state index in [1.807, 2.05) is 29.2 Å². The van der Waals surface area contributed by atoms with Crippen molar-refractivity contribution in [3.63, 3.8) is 0 Å². The summed E-state index contributed by atoms with van der Waals surface area (Å²) in [7, 11) is 1.58. The number of aliphatic hydroxyl groups excluding tert-OH is 1. The van der Waals surface area contributed by atoms with Crippen LogP contribution in [-0.4, -0.2) is 60.0 Å². The van der Waals surface area contributed by atoms with Gasteiger partial charge in [0.15, 0.2) is 6.10 Å². The fourth-order valence-corrected chi connectivity index (χ4v) is 5.35. The molecule has 3 heterocycles. The molecule has 0 bridgehead atoms. The summed E-state index contributed by atoms with van der Waals surface area (Å²) in [4.78, 5) is 33.0. The molecule has 0 aliphatic carbocycles. The van der Waals surface area contributed by atoms with Crippen LogP contribution in [0.15, 0.2) is 42.5 Å². The van der Waals surface area contributed by atoms with Crippen LogP contribution < -0.4 is 10.2 Å². The van der Waals surface area contributed by atoms with Gasteiger partial charge >= 0.3 is 0 Å². The third-order valence-electron chi connectivity index (χ3n) is 7.19. The van der Waals surface area contributed by atoms with Gasteiger partial charge in [0.2, 0.25) is 0 Å². The van der Waals surface area contributed by atoms with Crippen molar-refractivity contribution in [1.82, 2.24) is 15.2 Å². The van der Waals surface area contributed by atoms with Crippen LogP contribution in [0.4, 0.5) is 5.82 Å². The topological polar surface area (TPSA) is 85.8 Å². The fraction of sp³-hybridized carbons (Fsp3) is 0.500. The number of carbonyl (C=O) groups is 2. The van der Waals surface area contributed by atoms with Crippen molar-refractivity contribution in [1.29, 1.82) is 0 Å². The molecule has 2 aromatic rings. The Kier molecular flexibility index (Phi) is 8.06. The summed E-state index contributed by atoms with van der Waals surface area (Å²) in [5.74, 6) is 1.68. The van der Waals surface area contributed by atoms with E-state index < -0.39 is 6.10 Å². The lowest BCUT2D eigenvalue weighted by atomic mass is 9.82. The number of anilines is 1. The molecule has 182 valence electrons. The van der Waals surface area contributed by atoms with Crippen LogP contribution in [0, 0.1) is 11.8 Å². The highest BCUT2D eigenvalue weighted by Gasteiger charge is 2.30. The van der Waals surface area contributed by atoms with Crippen molar-refractivity contribution in [2.45, 2.75) is 38.2 Å². The van der Waals surface area contributed by atoms with Crippen molar-refractivity contribution in [2.75, 3.05) is 38.1 Å². The average Bonchev–Trinajstić information content (AvgIpc) is 2.88. The van der Waals surface area contributed by atoms with Crippen molar-refractivity contribution < 1.29 is 14.7 Å². The van der Waals surface area contributed by atoms with Gasteiger partial charge < -0.3 is 20.2 Å². The molecule has 0 spiro atoms. The second-order valence-corrected chi connectivity index (χ2v) is 9.69. The molecule has 8 heteroatoms. The quantitative estimate of drug-likeness (QED) is 0.611. The number of amides is 2. The highest BCUT2D eigenvalue weighted by atomic mass is 35.5. The second-order valence-electron chi connectivity index (χ2n) is 9.33. The minimum Gasteiger partial charge on any atom is -0.378 e. The van der Waals surface area contributed by atoms with E-state index in [0.29, 0.717) is 36.1 Å². The highest BCUT2D eigenvalue weighted by molar-refractivity contribution is 6.32. The molecular formula is C26H33ClN4O3. The predicted molar refractivity (Wildman–Crippen MR) is 133 cm³/mol. The predicted octanol–water partition coefficient (Wildman–Crippen LogP) is 3.67. The molecule has 7 nitrogen and oxygen atoms in total. The number of aromatic nitrogens is 1. The minimum absolute atomic E-state index is 0.188. The third-order valence-corrected chi connectivity index (χ3v) is 7.47. The third kappa shape index (κ3) is 5.70. The second kappa shape index (κ2) is 11.2. The van der Waals surface area contributed by atoms with E-state index in [1.165, 1.54) is 6.42 Å². The van der Waals surface area contributed by atoms with E-state index in [1.54, 1.807) is 25.2 Å². The first-order chi connectivity index (χ1) is 16.5. The van der Waals surface area contributed by atoms with E-state index in [-0.39, 0.29) is 17.0 Å². The molecule has 0 saturated carbocycles. The standard InChI is InChI=1S/C26H33ClN4O3/c1-28-25(33)21-7-8-22(29-24(21)27)30-13-9-18(10-14-30)17-19-11-15-31(16-12-19)26(34)23(32)20-5-3-2-4-6-20/h2-8,18-19,23,32H,9-17H2,1H3,(H,28,33)/t23-/m1/s1. The number of aliphatic hydroxyl groups is 1. The Morgan fingerprint density at radius 3 is 2.24 bits per heavy atom. The molecule has 2 aliphatic rings. The van der Waals surface area contributed by atoms with E-state index in [2.05, 4.69) is 15.2 Å². The molecule has 4 rings (SSSR count). The van der Waals surface area contributed by atoms with Crippen molar-refractivity contribution in [2.24, 2.45) is 11.8 Å². The number of benzene rings is 1. The molecule has 1 atom stereocenters. The van der Waals surface area contributed by atoms with Gasteiger partial charge in [-0.15, -0.1) is 0 Å². The number of piperidine rings is 2. The Labute approximate surface area is 206 Å². The number of nitrogens with zero attached hydrogens (tertiary/aromatic N) is 3. The minimum atomic E-state index is -1.07. The lowest BCUT2D eigenvalue weighted by Gasteiger charge is -2.37. The van der Waals surface area contributed by atoms with Crippen molar-refractivity contribution in [3.8, 4) is 0 Å². The van der Waals surface area contributed by atoms with Crippen LogP contribution >= 0.6 is 11.6 Å². The van der Waals surface area contributed by atoms with Crippen LogP contribution in [0.2, 0.25) is 5.15 Å². The Morgan fingerprint density at radius 1 is 1.03 bits per heavy atom. The van der Waals surface area contributed by atoms with Gasteiger partial charge in [-0.05, 0) is 61.6 Å². The molecule has 1 aromatic heterocycles. The average molecular weight is 485 g/mol. The summed E-state index contributed by atoms with van der Waals surface area (Å²) in [6.45, 7) is 3.28. The smallest absolute Gasteiger partial charge is 0.256 e. The molecule has 2 amide bonds. The lowest BCUT2D eigenvalue weighted by molar-refractivity contribution is -0.142. The van der Waals surface area contributed by atoms with Gasteiger partial charge in [0.1, 0.15) is 11.0 Å². The number of carbonyl (C=O) groups excluding carboxylic acids is 2. The van der Waals surface area contributed by atoms with E-state index in [9.17, 15) is 14.7 Å². The zero-order chi connectivity index (χ0) is 24.1. The first-order valence-electron chi connectivity index (χ1n) is 12.1. The summed E-state index contributed by atoms with van der Waals surface area (Å²) in [6.07, 6.45) is 4.29. The molecule has 0 radical (unpaired) electrons. The Hall–Kier alpha value is -2.64. The molecule has 34 heavy (non-hydrogen) atoms. The van der Waals surface area contributed by atoms with Gasteiger partial charge in [-0.1, -0.05) is 41.9 Å². The number of pyridine rings is 1. The number of nitrogens with one attached hydrogen (secondary N) is 1. The lowest BCUT2D eigenvalue weighted by Crippen LogP contribution is -2.42. The van der Waals surface area contributed by atoms with E-state index in [4.69, 9.17) is 11.6 Å². The summed E-state index contributed by atoms with van der Waals surface area (Å²) in [5.41, 5.74) is 1.05. The number of hydrogen-bond donors (Lipinski definition) is 2. The van der Waals surface area contributed by atoms with Gasteiger partial charge in [-0.2, -0.15) is 0 Å². The monoisotopic (exact) mass is 484 g/mol. The Bertz CT molecular complexity index is 987. The van der Waals surface area contributed by atoms with Gasteiger partial charge in [-0.3, -0.25) is 9.59 Å². The zero-order valence-electron chi connectivity index (χ0n) is 19.6.